The molecule has 7 aromatic carbocycles. The van der Waals surface area contributed by atoms with E-state index in [1.54, 1.807) is 0 Å². The zero-order valence-corrected chi connectivity index (χ0v) is 27.0. The van der Waals surface area contributed by atoms with Gasteiger partial charge in [0.05, 0.1) is 22.2 Å². The van der Waals surface area contributed by atoms with Crippen LogP contribution >= 0.6 is 0 Å². The summed E-state index contributed by atoms with van der Waals surface area (Å²) in [6.45, 7) is 0. The molecular formula is C47H28N3-. The second-order valence-electron chi connectivity index (χ2n) is 13.3. The first-order valence-electron chi connectivity index (χ1n) is 17.1. The molecule has 1 aliphatic carbocycles. The van der Waals surface area contributed by atoms with Crippen molar-refractivity contribution in [3.63, 3.8) is 0 Å². The predicted molar refractivity (Wildman–Crippen MR) is 209 cm³/mol. The quantitative estimate of drug-likeness (QED) is 0.181. The highest BCUT2D eigenvalue weighted by molar-refractivity contribution is 6.16. The van der Waals surface area contributed by atoms with Crippen LogP contribution in [0.5, 0.6) is 0 Å². The van der Waals surface area contributed by atoms with Gasteiger partial charge in [-0.15, -0.1) is 5.69 Å². The van der Waals surface area contributed by atoms with E-state index >= 15 is 0 Å². The molecule has 0 saturated carbocycles. The maximum atomic E-state index is 5.39. The number of nitrogens with zero attached hydrogens (tertiary/aromatic N) is 3. The average Bonchev–Trinajstić information content (AvgIpc) is 3.51. The Hall–Kier alpha value is -6.58. The summed E-state index contributed by atoms with van der Waals surface area (Å²) in [4.78, 5) is 10.3. The van der Waals surface area contributed by atoms with Crippen molar-refractivity contribution in [2.24, 2.45) is 0 Å². The highest BCUT2D eigenvalue weighted by Gasteiger charge is 2.22. The Kier molecular flexibility index (Phi) is 5.73. The fraction of sp³-hybridized carbons (Fsp3) is 0.0213. The van der Waals surface area contributed by atoms with E-state index in [1.165, 1.54) is 44.2 Å². The number of hydrogen-bond acceptors (Lipinski definition) is 2. The number of pyridine rings is 2. The summed E-state index contributed by atoms with van der Waals surface area (Å²) >= 11 is 0. The minimum absolute atomic E-state index is 0.128. The molecule has 3 heterocycles. The van der Waals surface area contributed by atoms with Crippen LogP contribution in [0.4, 0.5) is 5.69 Å². The van der Waals surface area contributed by atoms with Gasteiger partial charge in [-0.1, -0.05) is 151 Å². The molecule has 9 aromatic rings. The van der Waals surface area contributed by atoms with Crippen LogP contribution in [0, 0.1) is 0 Å². The smallest absolute Gasteiger partial charge is 0.0715 e. The van der Waals surface area contributed by atoms with Crippen LogP contribution in [-0.2, 0) is 0 Å². The van der Waals surface area contributed by atoms with Crippen LogP contribution in [0.2, 0.25) is 0 Å². The number of fused-ring (bicyclic) bond motifs is 8. The van der Waals surface area contributed by atoms with Gasteiger partial charge >= 0.3 is 0 Å². The van der Waals surface area contributed by atoms with Crippen molar-refractivity contribution < 1.29 is 0 Å². The van der Waals surface area contributed by atoms with Crippen LogP contribution in [0.25, 0.3) is 99.5 Å². The first-order valence-corrected chi connectivity index (χ1v) is 17.1. The van der Waals surface area contributed by atoms with Gasteiger partial charge in [0.2, 0.25) is 0 Å². The van der Waals surface area contributed by atoms with Crippen LogP contribution in [0.15, 0.2) is 158 Å². The first kappa shape index (κ1) is 27.4. The first-order chi connectivity index (χ1) is 24.8. The summed E-state index contributed by atoms with van der Waals surface area (Å²) in [5, 5.41) is 11.4. The molecule has 1 atom stereocenters. The van der Waals surface area contributed by atoms with Gasteiger partial charge in [0.25, 0.3) is 0 Å². The Balaban J connectivity index is 0.993. The Morgan fingerprint density at radius 3 is 2.06 bits per heavy atom. The normalized spacial score (nSPS) is 14.3. The molecule has 0 radical (unpaired) electrons. The van der Waals surface area contributed by atoms with Crippen LogP contribution in [0.1, 0.15) is 17.2 Å². The lowest BCUT2D eigenvalue weighted by molar-refractivity contribution is 1.04. The molecule has 0 saturated heterocycles. The van der Waals surface area contributed by atoms with E-state index in [1.807, 2.05) is 0 Å². The Labute approximate surface area is 289 Å². The zero-order valence-electron chi connectivity index (χ0n) is 27.0. The van der Waals surface area contributed by atoms with E-state index in [-0.39, 0.29) is 6.04 Å². The monoisotopic (exact) mass is 634 g/mol. The molecule has 0 fully saturated rings. The molecule has 3 heteroatoms. The summed E-state index contributed by atoms with van der Waals surface area (Å²) in [6, 6.07) is 54.2. The number of rotatable bonds is 3. The van der Waals surface area contributed by atoms with Crippen LogP contribution < -0.4 is 0 Å². The molecule has 232 valence electrons. The second kappa shape index (κ2) is 10.5. The summed E-state index contributed by atoms with van der Waals surface area (Å²) < 4.78 is 0. The number of aromatic nitrogens is 2. The lowest BCUT2D eigenvalue weighted by Gasteiger charge is -2.37. The van der Waals surface area contributed by atoms with Gasteiger partial charge in [0.15, 0.2) is 0 Å². The van der Waals surface area contributed by atoms with Crippen molar-refractivity contribution in [1.29, 1.82) is 0 Å². The van der Waals surface area contributed by atoms with Crippen molar-refractivity contribution in [1.82, 2.24) is 9.97 Å². The van der Waals surface area contributed by atoms with Crippen molar-refractivity contribution in [3.05, 3.63) is 174 Å². The molecule has 11 rings (SSSR count). The average molecular weight is 635 g/mol. The van der Waals surface area contributed by atoms with E-state index in [9.17, 15) is 0 Å². The number of hydrogen-bond donors (Lipinski definition) is 0. The summed E-state index contributed by atoms with van der Waals surface area (Å²) in [5.74, 6) is 0. The maximum absolute atomic E-state index is 5.39. The highest BCUT2D eigenvalue weighted by atomic mass is 14.9. The molecule has 2 aromatic heterocycles. The Morgan fingerprint density at radius 2 is 1.24 bits per heavy atom. The number of benzene rings is 7. The fourth-order valence-corrected chi connectivity index (χ4v) is 8.16. The molecule has 0 N–H and O–H groups in total. The van der Waals surface area contributed by atoms with Gasteiger partial charge in [-0.3, -0.25) is 0 Å². The standard InChI is InChI=1S/C47H28N3/c1-3-16-42-37(12-1)45(38-13-2-4-17-43(38)48-42)33-11-5-10-31(26-33)40-24-21-29-18-19-30-22-25-41(50-47(30)46(29)49-40)32-20-23-34-35-14-6-8-28-9-7-15-36(44(28)35)39(34)27-32/h1-27,40H/q-1. The van der Waals surface area contributed by atoms with Crippen molar-refractivity contribution in [3.8, 4) is 44.6 Å². The van der Waals surface area contributed by atoms with Crippen molar-refractivity contribution in [2.45, 2.75) is 6.04 Å². The van der Waals surface area contributed by atoms with E-state index < -0.39 is 0 Å². The summed E-state index contributed by atoms with van der Waals surface area (Å²) in [5.41, 5.74) is 15.7. The lowest BCUT2D eigenvalue weighted by Crippen LogP contribution is -1.99. The molecule has 0 amide bonds. The van der Waals surface area contributed by atoms with Crippen LogP contribution in [-0.4, -0.2) is 9.97 Å². The van der Waals surface area contributed by atoms with E-state index in [2.05, 4.69) is 164 Å². The lowest BCUT2D eigenvalue weighted by atomic mass is 9.92. The Bertz CT molecular complexity index is 2860. The third-order valence-electron chi connectivity index (χ3n) is 10.5. The van der Waals surface area contributed by atoms with Gasteiger partial charge in [0.1, 0.15) is 0 Å². The minimum Gasteiger partial charge on any atom is -0.673 e. The molecule has 50 heavy (non-hydrogen) atoms. The summed E-state index contributed by atoms with van der Waals surface area (Å²) in [6.07, 6.45) is 4.41. The van der Waals surface area contributed by atoms with Gasteiger partial charge in [-0.2, -0.15) is 0 Å². The minimum atomic E-state index is -0.128. The topological polar surface area (TPSA) is 39.9 Å². The maximum Gasteiger partial charge on any atom is 0.0715 e. The Morgan fingerprint density at radius 1 is 0.500 bits per heavy atom. The van der Waals surface area contributed by atoms with E-state index in [0.717, 1.165) is 60.8 Å². The van der Waals surface area contributed by atoms with Crippen molar-refractivity contribution in [2.75, 3.05) is 0 Å². The van der Waals surface area contributed by atoms with E-state index in [4.69, 9.17) is 15.3 Å². The third-order valence-corrected chi connectivity index (χ3v) is 10.5. The molecule has 0 spiro atoms. The van der Waals surface area contributed by atoms with Gasteiger partial charge in [0, 0.05) is 21.9 Å². The molecule has 1 aliphatic heterocycles. The van der Waals surface area contributed by atoms with E-state index in [0.29, 0.717) is 0 Å². The second-order valence-corrected chi connectivity index (χ2v) is 13.3. The van der Waals surface area contributed by atoms with Gasteiger partial charge < -0.3 is 5.32 Å². The largest absolute Gasteiger partial charge is 0.673 e. The van der Waals surface area contributed by atoms with Gasteiger partial charge in [-0.25, -0.2) is 9.97 Å². The molecule has 2 aliphatic rings. The molecule has 3 nitrogen and oxygen atoms in total. The SMILES string of the molecule is C1=CC(c2cccc(-c3c4ccccc4nc4ccccc34)c2)[N-]c2c1ccc1ccc(-c3ccc4c(c3)-c3cccc5cccc-4c35)nc21. The fourth-order valence-electron chi connectivity index (χ4n) is 8.16. The molecule has 1 unspecified atom stereocenters. The van der Waals surface area contributed by atoms with Crippen molar-refractivity contribution >= 4 is 55.2 Å². The summed E-state index contributed by atoms with van der Waals surface area (Å²) in [7, 11) is 0. The zero-order chi connectivity index (χ0) is 32.8. The molecular weight excluding hydrogens is 607 g/mol. The highest BCUT2D eigenvalue weighted by Crippen LogP contribution is 2.49. The van der Waals surface area contributed by atoms with Gasteiger partial charge in [-0.05, 0) is 73.8 Å². The number of para-hydroxylation sites is 2. The van der Waals surface area contributed by atoms with Crippen LogP contribution in [0.3, 0.4) is 0 Å². The predicted octanol–water partition coefficient (Wildman–Crippen LogP) is 12.8. The molecule has 0 bridgehead atoms. The third kappa shape index (κ3) is 4.04.